The summed E-state index contributed by atoms with van der Waals surface area (Å²) in [5.41, 5.74) is 2.25. The molecule has 0 unspecified atom stereocenters. The number of nitrogens with one attached hydrogen (secondary N) is 1. The number of anilines is 1. The molecule has 2 amide bonds. The van der Waals surface area contributed by atoms with E-state index >= 15 is 4.39 Å². The lowest BCUT2D eigenvalue weighted by atomic mass is 9.79. The minimum Gasteiger partial charge on any atom is -0.493 e. The van der Waals surface area contributed by atoms with Crippen molar-refractivity contribution in [1.82, 2.24) is 9.88 Å². The summed E-state index contributed by atoms with van der Waals surface area (Å²) in [5.74, 6) is -1.47. The maximum Gasteiger partial charge on any atom is 0.254 e. The molecule has 0 radical (unpaired) electrons. The van der Waals surface area contributed by atoms with Crippen LogP contribution in [0.2, 0.25) is 0 Å². The number of benzene rings is 3. The second-order valence-electron chi connectivity index (χ2n) is 8.56. The summed E-state index contributed by atoms with van der Waals surface area (Å²) in [6.45, 7) is 0. The Morgan fingerprint density at radius 1 is 0.972 bits per heavy atom. The van der Waals surface area contributed by atoms with E-state index in [-0.39, 0.29) is 11.5 Å². The van der Waals surface area contributed by atoms with Gasteiger partial charge in [0.2, 0.25) is 5.91 Å². The molecule has 8 heteroatoms. The molecule has 4 aromatic rings. The molecule has 36 heavy (non-hydrogen) atoms. The van der Waals surface area contributed by atoms with Crippen molar-refractivity contribution in [3.8, 4) is 11.5 Å². The van der Waals surface area contributed by atoms with Crippen molar-refractivity contribution in [2.24, 2.45) is 0 Å². The van der Waals surface area contributed by atoms with Crippen molar-refractivity contribution in [3.05, 3.63) is 95.4 Å². The van der Waals surface area contributed by atoms with Gasteiger partial charge in [-0.25, -0.2) is 4.39 Å². The molecule has 0 saturated heterocycles. The van der Waals surface area contributed by atoms with E-state index in [1.807, 2.05) is 30.3 Å². The summed E-state index contributed by atoms with van der Waals surface area (Å²) >= 11 is 0. The molecule has 0 fully saturated rings. The topological polar surface area (TPSA) is 80.8 Å². The van der Waals surface area contributed by atoms with Gasteiger partial charge in [-0.2, -0.15) is 0 Å². The van der Waals surface area contributed by atoms with Gasteiger partial charge in [0, 0.05) is 23.6 Å². The predicted octanol–water partition coefficient (Wildman–Crippen LogP) is 4.94. The third kappa shape index (κ3) is 3.90. The van der Waals surface area contributed by atoms with Gasteiger partial charge in [-0.05, 0) is 35.9 Å². The average molecular weight is 486 g/mol. The first-order valence-electron chi connectivity index (χ1n) is 11.4. The van der Waals surface area contributed by atoms with E-state index in [1.54, 1.807) is 43.6 Å². The zero-order valence-electron chi connectivity index (χ0n) is 20.0. The Morgan fingerprint density at radius 2 is 1.67 bits per heavy atom. The van der Waals surface area contributed by atoms with Gasteiger partial charge in [0.05, 0.1) is 43.6 Å². The summed E-state index contributed by atoms with van der Waals surface area (Å²) in [6, 6.07) is 17.8. The molecule has 3 aromatic carbocycles. The summed E-state index contributed by atoms with van der Waals surface area (Å²) in [4.78, 5) is 33.1. The number of amides is 2. The van der Waals surface area contributed by atoms with Crippen molar-refractivity contribution in [1.29, 1.82) is 0 Å². The van der Waals surface area contributed by atoms with Crippen LogP contribution in [-0.2, 0) is 4.79 Å². The number of methoxy groups -OCH3 is 2. The number of carbonyl (C=O) groups excluding carboxylic acids is 2. The molecule has 2 atom stereocenters. The van der Waals surface area contributed by atoms with E-state index in [9.17, 15) is 9.59 Å². The number of pyridine rings is 1. The van der Waals surface area contributed by atoms with Gasteiger partial charge in [-0.3, -0.25) is 14.6 Å². The van der Waals surface area contributed by atoms with E-state index in [0.29, 0.717) is 28.3 Å². The van der Waals surface area contributed by atoms with Crippen LogP contribution >= 0.6 is 0 Å². The van der Waals surface area contributed by atoms with Crippen LogP contribution in [0.4, 0.5) is 10.1 Å². The summed E-state index contributed by atoms with van der Waals surface area (Å²) in [7, 11) is 4.52. The molecule has 0 bridgehead atoms. The third-order valence-electron chi connectivity index (χ3n) is 6.54. The first-order chi connectivity index (χ1) is 17.4. The first-order valence-corrected chi connectivity index (χ1v) is 11.4. The fourth-order valence-electron chi connectivity index (χ4n) is 4.79. The number of likely N-dealkylation sites (N-methyl/N-ethyl adjacent to an activating group) is 1. The lowest BCUT2D eigenvalue weighted by molar-refractivity contribution is -0.119. The molecule has 1 N–H and O–H groups in total. The Hall–Kier alpha value is -4.46. The normalized spacial score (nSPS) is 17.0. The van der Waals surface area contributed by atoms with Gasteiger partial charge in [-0.1, -0.05) is 36.4 Å². The number of nitrogens with zero attached hydrogens (tertiary/aromatic N) is 2. The van der Waals surface area contributed by atoms with E-state index in [0.717, 1.165) is 10.9 Å². The minimum atomic E-state index is -0.939. The predicted molar refractivity (Wildman–Crippen MR) is 134 cm³/mol. The van der Waals surface area contributed by atoms with Gasteiger partial charge < -0.3 is 19.7 Å². The van der Waals surface area contributed by atoms with Crippen LogP contribution in [0.3, 0.4) is 0 Å². The van der Waals surface area contributed by atoms with Crippen molar-refractivity contribution in [3.63, 3.8) is 0 Å². The first kappa shape index (κ1) is 23.3. The molecule has 1 aliphatic heterocycles. The number of hydrogen-bond donors (Lipinski definition) is 1. The van der Waals surface area contributed by atoms with Crippen molar-refractivity contribution < 1.29 is 23.5 Å². The highest BCUT2D eigenvalue weighted by atomic mass is 19.1. The average Bonchev–Trinajstić information content (AvgIpc) is 2.90. The minimum absolute atomic E-state index is 0.241. The molecule has 2 heterocycles. The van der Waals surface area contributed by atoms with Crippen LogP contribution in [0, 0.1) is 5.82 Å². The fraction of sp³-hybridized carbons (Fsp3) is 0.179. The monoisotopic (exact) mass is 485 g/mol. The Balaban J connectivity index is 1.65. The van der Waals surface area contributed by atoms with Gasteiger partial charge in [0.15, 0.2) is 11.5 Å². The van der Waals surface area contributed by atoms with Gasteiger partial charge in [0.25, 0.3) is 5.91 Å². The molecular weight excluding hydrogens is 461 g/mol. The number of para-hydroxylation sites is 1. The number of ether oxygens (including phenoxy) is 2. The fourth-order valence-corrected chi connectivity index (χ4v) is 4.79. The van der Waals surface area contributed by atoms with Crippen molar-refractivity contribution >= 4 is 28.4 Å². The Kier molecular flexibility index (Phi) is 6.01. The Labute approximate surface area is 207 Å². The number of hydrogen-bond acceptors (Lipinski definition) is 5. The second kappa shape index (κ2) is 9.30. The van der Waals surface area contributed by atoms with Gasteiger partial charge in [-0.15, -0.1) is 0 Å². The standard InChI is InChI=1S/C28H24FN3O4/c1-32-26(18-9-5-6-10-21(18)29)25(19-13-23(35-2)24(36-3)14-20(19)28(32)34)27(33)31-17-12-16-8-4-7-11-22(16)30-15-17/h4-15,25-26H,1-3H3,(H,31,33)/t25-,26+/m0/s1. The Morgan fingerprint density at radius 3 is 2.42 bits per heavy atom. The van der Waals surface area contributed by atoms with Crippen molar-refractivity contribution in [2.45, 2.75) is 12.0 Å². The number of fused-ring (bicyclic) bond motifs is 2. The van der Waals surface area contributed by atoms with Gasteiger partial charge >= 0.3 is 0 Å². The zero-order chi connectivity index (χ0) is 25.4. The molecule has 5 rings (SSSR count). The number of rotatable bonds is 5. The van der Waals surface area contributed by atoms with E-state index in [1.165, 1.54) is 25.2 Å². The number of aromatic nitrogens is 1. The quantitative estimate of drug-likeness (QED) is 0.433. The highest BCUT2D eigenvalue weighted by molar-refractivity contribution is 6.05. The van der Waals surface area contributed by atoms with E-state index < -0.39 is 23.7 Å². The van der Waals surface area contributed by atoms with Crippen molar-refractivity contribution in [2.75, 3.05) is 26.6 Å². The molecule has 0 saturated carbocycles. The van der Waals surface area contributed by atoms with Gasteiger partial charge in [0.1, 0.15) is 5.82 Å². The molecule has 0 aliphatic carbocycles. The maximum atomic E-state index is 15.0. The lowest BCUT2D eigenvalue weighted by Crippen LogP contribution is -2.44. The molecule has 0 spiro atoms. The molecule has 1 aliphatic rings. The van der Waals surface area contributed by atoms with E-state index in [4.69, 9.17) is 9.47 Å². The molecular formula is C28H24FN3O4. The number of carbonyl (C=O) groups is 2. The molecule has 182 valence electrons. The third-order valence-corrected chi connectivity index (χ3v) is 6.54. The Bertz CT molecular complexity index is 1490. The zero-order valence-corrected chi connectivity index (χ0v) is 20.0. The smallest absolute Gasteiger partial charge is 0.254 e. The lowest BCUT2D eigenvalue weighted by Gasteiger charge is -2.40. The maximum absolute atomic E-state index is 15.0. The summed E-state index contributed by atoms with van der Waals surface area (Å²) < 4.78 is 25.9. The largest absolute Gasteiger partial charge is 0.493 e. The van der Waals surface area contributed by atoms with Crippen LogP contribution in [-0.4, -0.2) is 43.0 Å². The van der Waals surface area contributed by atoms with Crippen LogP contribution in [0.1, 0.15) is 33.4 Å². The summed E-state index contributed by atoms with van der Waals surface area (Å²) in [6.07, 6.45) is 1.57. The molecule has 1 aromatic heterocycles. The second-order valence-corrected chi connectivity index (χ2v) is 8.56. The van der Waals surface area contributed by atoms with E-state index in [2.05, 4.69) is 10.3 Å². The highest BCUT2D eigenvalue weighted by Crippen LogP contribution is 2.46. The van der Waals surface area contributed by atoms with Crippen LogP contribution in [0.25, 0.3) is 10.9 Å². The number of halogens is 1. The van der Waals surface area contributed by atoms with Crippen LogP contribution < -0.4 is 14.8 Å². The SMILES string of the molecule is COc1cc2c(cc1OC)[C@H](C(=O)Nc1cnc3ccccc3c1)[C@@H](c1ccccc1F)N(C)C2=O. The van der Waals surface area contributed by atoms with Crippen LogP contribution in [0.15, 0.2) is 72.9 Å². The van der Waals surface area contributed by atoms with Crippen LogP contribution in [0.5, 0.6) is 11.5 Å². The molecule has 7 nitrogen and oxygen atoms in total. The summed E-state index contributed by atoms with van der Waals surface area (Å²) in [5, 5.41) is 3.80. The highest BCUT2D eigenvalue weighted by Gasteiger charge is 2.44.